The lowest BCUT2D eigenvalue weighted by Crippen LogP contribution is -2.19. The summed E-state index contributed by atoms with van der Waals surface area (Å²) in [5.41, 5.74) is 9.30. The van der Waals surface area contributed by atoms with E-state index in [0.717, 1.165) is 29.7 Å². The fourth-order valence-electron chi connectivity index (χ4n) is 3.85. The molecule has 3 heteroatoms. The largest absolute Gasteiger partial charge is 0.387 e. The number of fused-ring (bicyclic) bond motifs is 1. The zero-order chi connectivity index (χ0) is 23.0. The molecule has 0 aromatic heterocycles. The normalized spacial score (nSPS) is 12.6. The third kappa shape index (κ3) is 7.47. The molecular formula is C28H38NOP. The molecular weight excluding hydrogens is 397 g/mol. The highest BCUT2D eigenvalue weighted by atomic mass is 31.0. The number of benzene rings is 2. The second-order valence-electron chi connectivity index (χ2n) is 8.77. The molecule has 2 aromatic carbocycles. The summed E-state index contributed by atoms with van der Waals surface area (Å²) < 4.78 is 0. The molecule has 2 nitrogen and oxygen atoms in total. The van der Waals surface area contributed by atoms with E-state index >= 15 is 0 Å². The first kappa shape index (κ1) is 25.1. The van der Waals surface area contributed by atoms with Crippen LogP contribution in [0.5, 0.6) is 0 Å². The van der Waals surface area contributed by atoms with Crippen LogP contribution < -0.4 is 5.32 Å². The molecule has 0 saturated carbocycles. The van der Waals surface area contributed by atoms with Crippen molar-refractivity contribution in [3.8, 4) is 0 Å². The molecule has 1 aliphatic carbocycles. The molecule has 166 valence electrons. The average molecular weight is 436 g/mol. The number of rotatable bonds is 7. The number of unbranched alkanes of at least 4 members (excludes halogenated alkanes) is 1. The monoisotopic (exact) mass is 435 g/mol. The quantitative estimate of drug-likeness (QED) is 0.381. The van der Waals surface area contributed by atoms with Crippen molar-refractivity contribution in [2.24, 2.45) is 0 Å². The van der Waals surface area contributed by atoms with Gasteiger partial charge < -0.3 is 5.32 Å². The van der Waals surface area contributed by atoms with Gasteiger partial charge in [0.25, 0.3) is 0 Å². The van der Waals surface area contributed by atoms with E-state index < -0.39 is 0 Å². The molecule has 31 heavy (non-hydrogen) atoms. The van der Waals surface area contributed by atoms with Crippen molar-refractivity contribution in [2.45, 2.75) is 66.3 Å². The fourth-order valence-corrected chi connectivity index (χ4v) is 4.14. The number of allylic oxidation sites excluding steroid dienone is 3. The number of hydrogen-bond donors (Lipinski definition) is 1. The summed E-state index contributed by atoms with van der Waals surface area (Å²) in [5, 5.41) is 3.11. The Bertz CT molecular complexity index is 938. The SMILES string of the molecule is C=C(C)NC(C)C.Cc1ccc2c(c1C)CC(c1ccc(CCCCP)cc1)=CC2=O. The summed E-state index contributed by atoms with van der Waals surface area (Å²) in [6.45, 7) is 14.1. The van der Waals surface area contributed by atoms with Crippen molar-refractivity contribution >= 4 is 20.6 Å². The summed E-state index contributed by atoms with van der Waals surface area (Å²) in [5.74, 6) is 0.138. The number of carbonyl (C=O) groups is 1. The molecule has 1 unspecified atom stereocenters. The number of ketones is 1. The molecule has 0 heterocycles. The van der Waals surface area contributed by atoms with Gasteiger partial charge in [0.05, 0.1) is 0 Å². The van der Waals surface area contributed by atoms with Crippen molar-refractivity contribution in [3.63, 3.8) is 0 Å². The van der Waals surface area contributed by atoms with E-state index in [4.69, 9.17) is 0 Å². The van der Waals surface area contributed by atoms with E-state index in [1.54, 1.807) is 0 Å². The van der Waals surface area contributed by atoms with Crippen LogP contribution in [0.3, 0.4) is 0 Å². The highest BCUT2D eigenvalue weighted by Gasteiger charge is 2.20. The molecule has 2 aromatic rings. The average Bonchev–Trinajstić information content (AvgIpc) is 2.71. The maximum Gasteiger partial charge on any atom is 0.186 e. The first-order valence-electron chi connectivity index (χ1n) is 11.3. The minimum absolute atomic E-state index is 0.138. The van der Waals surface area contributed by atoms with Crippen molar-refractivity contribution < 1.29 is 4.79 Å². The predicted molar refractivity (Wildman–Crippen MR) is 139 cm³/mol. The zero-order valence-electron chi connectivity index (χ0n) is 19.8. The fraction of sp³-hybridized carbons (Fsp3) is 0.393. The van der Waals surface area contributed by atoms with Crippen LogP contribution in [0.1, 0.15) is 71.8 Å². The molecule has 0 spiro atoms. The van der Waals surface area contributed by atoms with Gasteiger partial charge in [-0.25, -0.2) is 0 Å². The first-order chi connectivity index (χ1) is 14.7. The Morgan fingerprint density at radius 1 is 1.10 bits per heavy atom. The number of hydrogen-bond acceptors (Lipinski definition) is 2. The highest BCUT2D eigenvalue weighted by molar-refractivity contribution is 7.16. The minimum Gasteiger partial charge on any atom is -0.387 e. The first-order valence-corrected chi connectivity index (χ1v) is 12.1. The van der Waals surface area contributed by atoms with Gasteiger partial charge >= 0.3 is 0 Å². The summed E-state index contributed by atoms with van der Waals surface area (Å²) in [4.78, 5) is 12.5. The molecule has 1 N–H and O–H groups in total. The van der Waals surface area contributed by atoms with E-state index in [-0.39, 0.29) is 5.78 Å². The standard InChI is InChI=1S/C22H25OP.C6H13N/c1-15-6-11-20-21(16(15)2)13-19(14-22(20)23)18-9-7-17(8-10-18)5-3-4-12-24;1-5(2)7-6(3)4/h6-11,14H,3-5,12-13,24H2,1-2H3;6-7H,1H2,2-4H3. The van der Waals surface area contributed by atoms with Gasteiger partial charge in [-0.2, -0.15) is 0 Å². The molecule has 1 aliphatic rings. The van der Waals surface area contributed by atoms with Crippen molar-refractivity contribution in [1.82, 2.24) is 5.32 Å². The number of aryl methyl sites for hydroxylation is 2. The van der Waals surface area contributed by atoms with Gasteiger partial charge in [-0.15, -0.1) is 9.24 Å². The Balaban J connectivity index is 0.000000423. The van der Waals surface area contributed by atoms with Gasteiger partial charge in [0, 0.05) is 17.3 Å². The van der Waals surface area contributed by atoms with Gasteiger partial charge in [-0.1, -0.05) is 43.0 Å². The van der Waals surface area contributed by atoms with E-state index in [1.165, 1.54) is 46.8 Å². The van der Waals surface area contributed by atoms with Crippen LogP contribution in [0.4, 0.5) is 0 Å². The van der Waals surface area contributed by atoms with E-state index in [9.17, 15) is 4.79 Å². The third-order valence-corrected chi connectivity index (χ3v) is 5.99. The lowest BCUT2D eigenvalue weighted by molar-refractivity contribution is 0.104. The van der Waals surface area contributed by atoms with Gasteiger partial charge in [-0.3, -0.25) is 4.79 Å². The van der Waals surface area contributed by atoms with Crippen LogP contribution in [0.25, 0.3) is 5.57 Å². The maximum absolute atomic E-state index is 12.5. The van der Waals surface area contributed by atoms with E-state index in [0.29, 0.717) is 6.04 Å². The highest BCUT2D eigenvalue weighted by Crippen LogP contribution is 2.31. The number of nitrogens with one attached hydrogen (secondary N) is 1. The topological polar surface area (TPSA) is 29.1 Å². The molecule has 0 aliphatic heterocycles. The van der Waals surface area contributed by atoms with Gasteiger partial charge in [-0.05, 0) is 106 Å². The Labute approximate surface area is 191 Å². The predicted octanol–water partition coefficient (Wildman–Crippen LogP) is 6.84. The Hall–Kier alpha value is -2.18. The summed E-state index contributed by atoms with van der Waals surface area (Å²) in [7, 11) is 2.79. The minimum atomic E-state index is 0.138. The van der Waals surface area contributed by atoms with Crippen LogP contribution in [-0.4, -0.2) is 18.0 Å². The second kappa shape index (κ2) is 12.0. The Morgan fingerprint density at radius 2 is 1.77 bits per heavy atom. The number of carbonyl (C=O) groups excluding carboxylic acids is 1. The van der Waals surface area contributed by atoms with Gasteiger partial charge in [0.1, 0.15) is 0 Å². The Morgan fingerprint density at radius 3 is 2.32 bits per heavy atom. The lowest BCUT2D eigenvalue weighted by atomic mass is 9.83. The maximum atomic E-state index is 12.5. The van der Waals surface area contributed by atoms with Crippen LogP contribution >= 0.6 is 9.24 Å². The van der Waals surface area contributed by atoms with Crippen molar-refractivity contribution in [1.29, 1.82) is 0 Å². The summed E-state index contributed by atoms with van der Waals surface area (Å²) in [6.07, 6.45) is 7.46. The lowest BCUT2D eigenvalue weighted by Gasteiger charge is -2.20. The van der Waals surface area contributed by atoms with Crippen LogP contribution in [0, 0.1) is 13.8 Å². The van der Waals surface area contributed by atoms with Crippen LogP contribution in [0.2, 0.25) is 0 Å². The van der Waals surface area contributed by atoms with Gasteiger partial charge in [0.15, 0.2) is 5.78 Å². The van der Waals surface area contributed by atoms with Gasteiger partial charge in [0.2, 0.25) is 0 Å². The van der Waals surface area contributed by atoms with E-state index in [2.05, 4.69) is 79.2 Å². The summed E-state index contributed by atoms with van der Waals surface area (Å²) >= 11 is 0. The molecule has 3 rings (SSSR count). The third-order valence-electron chi connectivity index (χ3n) is 5.59. The molecule has 1 atom stereocenters. The molecule has 0 fully saturated rings. The van der Waals surface area contributed by atoms with Crippen molar-refractivity contribution in [2.75, 3.05) is 6.16 Å². The molecule has 0 radical (unpaired) electrons. The summed E-state index contributed by atoms with van der Waals surface area (Å²) in [6, 6.07) is 13.3. The van der Waals surface area contributed by atoms with Crippen LogP contribution in [-0.2, 0) is 12.8 Å². The molecule has 0 bridgehead atoms. The smallest absolute Gasteiger partial charge is 0.186 e. The van der Waals surface area contributed by atoms with E-state index in [1.807, 2.05) is 19.1 Å². The second-order valence-corrected chi connectivity index (χ2v) is 9.34. The molecule has 0 saturated heterocycles. The Kier molecular flexibility index (Phi) is 9.72. The van der Waals surface area contributed by atoms with Crippen LogP contribution in [0.15, 0.2) is 54.8 Å². The zero-order valence-corrected chi connectivity index (χ0v) is 21.0. The molecule has 0 amide bonds. The van der Waals surface area contributed by atoms with Crippen molar-refractivity contribution in [3.05, 3.63) is 88.1 Å².